The molecule has 2 unspecified atom stereocenters. The summed E-state index contributed by atoms with van der Waals surface area (Å²) in [5.41, 5.74) is 2.92. The summed E-state index contributed by atoms with van der Waals surface area (Å²) in [4.78, 5) is 17.0. The van der Waals surface area contributed by atoms with Crippen molar-refractivity contribution in [3.05, 3.63) is 46.5 Å². The second kappa shape index (κ2) is 7.04. The first-order valence-electron chi connectivity index (χ1n) is 9.73. The van der Waals surface area contributed by atoms with E-state index in [4.69, 9.17) is 16.3 Å². The molecule has 3 aliphatic heterocycles. The van der Waals surface area contributed by atoms with Gasteiger partial charge in [0.05, 0.1) is 54.3 Å². The molecule has 1 aromatic carbocycles. The smallest absolute Gasteiger partial charge is 0.227 e. The van der Waals surface area contributed by atoms with Crippen molar-refractivity contribution in [1.29, 1.82) is 0 Å². The van der Waals surface area contributed by atoms with Crippen LogP contribution < -0.4 is 4.90 Å². The van der Waals surface area contributed by atoms with Gasteiger partial charge in [-0.1, -0.05) is 17.7 Å². The Hall–Kier alpha value is -2.12. The van der Waals surface area contributed by atoms with Gasteiger partial charge in [0.2, 0.25) is 5.91 Å². The molecule has 3 aliphatic rings. The molecule has 2 bridgehead atoms. The Kier molecular flexibility index (Phi) is 4.51. The summed E-state index contributed by atoms with van der Waals surface area (Å²) in [7, 11) is 0. The number of fused-ring (bicyclic) bond motifs is 3. The van der Waals surface area contributed by atoms with Crippen molar-refractivity contribution >= 4 is 23.2 Å². The zero-order valence-electron chi connectivity index (χ0n) is 15.5. The number of halogens is 2. The highest BCUT2D eigenvalue weighted by atomic mass is 35.5. The summed E-state index contributed by atoms with van der Waals surface area (Å²) >= 11 is 5.84. The van der Waals surface area contributed by atoms with Crippen LogP contribution in [0, 0.1) is 5.82 Å². The van der Waals surface area contributed by atoms with E-state index in [0.717, 1.165) is 42.9 Å². The molecule has 4 heterocycles. The van der Waals surface area contributed by atoms with Crippen molar-refractivity contribution in [1.82, 2.24) is 14.7 Å². The van der Waals surface area contributed by atoms with E-state index >= 15 is 0 Å². The van der Waals surface area contributed by atoms with Gasteiger partial charge in [-0.15, -0.1) is 0 Å². The van der Waals surface area contributed by atoms with Crippen LogP contribution in [0.25, 0.3) is 0 Å². The van der Waals surface area contributed by atoms with Crippen LogP contribution in [0.15, 0.2) is 24.4 Å². The molecule has 0 aliphatic carbocycles. The van der Waals surface area contributed by atoms with E-state index in [9.17, 15) is 9.18 Å². The number of hydrogen-bond acceptors (Lipinski definition) is 4. The number of rotatable bonds is 3. The van der Waals surface area contributed by atoms with Gasteiger partial charge in [0.15, 0.2) is 0 Å². The average molecular weight is 405 g/mol. The van der Waals surface area contributed by atoms with E-state index in [1.165, 1.54) is 12.1 Å². The van der Waals surface area contributed by atoms with Gasteiger partial charge in [0, 0.05) is 19.6 Å². The fraction of sp³-hybridized carbons (Fsp3) is 0.500. The SMILES string of the molecule is O=C(Cc1ccc(F)c(Cl)c1)N1CCn2ncc(N3CC4CCC(C3)O4)c2C1. The highest BCUT2D eigenvalue weighted by Gasteiger charge is 2.36. The lowest BCUT2D eigenvalue weighted by molar-refractivity contribution is -0.132. The lowest BCUT2D eigenvalue weighted by Gasteiger charge is -2.35. The van der Waals surface area contributed by atoms with Gasteiger partial charge in [-0.3, -0.25) is 9.48 Å². The monoisotopic (exact) mass is 404 g/mol. The van der Waals surface area contributed by atoms with E-state index in [2.05, 4.69) is 10.00 Å². The molecule has 6 nitrogen and oxygen atoms in total. The number of amides is 1. The number of hydrogen-bond donors (Lipinski definition) is 0. The minimum Gasteiger partial charge on any atom is -0.371 e. The van der Waals surface area contributed by atoms with Crippen LogP contribution in [0.1, 0.15) is 24.1 Å². The molecule has 28 heavy (non-hydrogen) atoms. The maximum absolute atomic E-state index is 13.4. The molecule has 148 valence electrons. The van der Waals surface area contributed by atoms with Gasteiger partial charge in [-0.2, -0.15) is 5.10 Å². The van der Waals surface area contributed by atoms with Crippen LogP contribution >= 0.6 is 11.6 Å². The maximum atomic E-state index is 13.4. The molecular weight excluding hydrogens is 383 g/mol. The van der Waals surface area contributed by atoms with Crippen LogP contribution in [-0.2, 0) is 29.0 Å². The van der Waals surface area contributed by atoms with Gasteiger partial charge in [-0.25, -0.2) is 4.39 Å². The van der Waals surface area contributed by atoms with E-state index in [0.29, 0.717) is 31.8 Å². The zero-order valence-corrected chi connectivity index (χ0v) is 16.2. The van der Waals surface area contributed by atoms with Gasteiger partial charge >= 0.3 is 0 Å². The summed E-state index contributed by atoms with van der Waals surface area (Å²) < 4.78 is 21.3. The zero-order chi connectivity index (χ0) is 19.3. The second-order valence-corrected chi connectivity index (χ2v) is 8.21. The van der Waals surface area contributed by atoms with Crippen molar-refractivity contribution in [3.63, 3.8) is 0 Å². The molecule has 8 heteroatoms. The summed E-state index contributed by atoms with van der Waals surface area (Å²) in [5, 5.41) is 4.59. The Labute approximate surface area is 167 Å². The van der Waals surface area contributed by atoms with Gasteiger partial charge in [0.25, 0.3) is 0 Å². The summed E-state index contributed by atoms with van der Waals surface area (Å²) in [6, 6.07) is 4.45. The predicted octanol–water partition coefficient (Wildman–Crippen LogP) is 2.63. The van der Waals surface area contributed by atoms with Crippen molar-refractivity contribution in [3.8, 4) is 0 Å². The quantitative estimate of drug-likeness (QED) is 0.789. The van der Waals surface area contributed by atoms with Gasteiger partial charge in [0.1, 0.15) is 5.82 Å². The largest absolute Gasteiger partial charge is 0.371 e. The second-order valence-electron chi connectivity index (χ2n) is 7.80. The lowest BCUT2D eigenvalue weighted by Crippen LogP contribution is -2.44. The molecule has 2 aromatic rings. The normalized spacial score (nSPS) is 23.8. The average Bonchev–Trinajstić information content (AvgIpc) is 3.26. The lowest BCUT2D eigenvalue weighted by atomic mass is 10.1. The number of anilines is 1. The van der Waals surface area contributed by atoms with Crippen molar-refractivity contribution in [2.24, 2.45) is 0 Å². The third-order valence-corrected chi connectivity index (χ3v) is 6.21. The number of carbonyl (C=O) groups is 1. The molecule has 0 saturated carbocycles. The molecular formula is C20H22ClFN4O2. The van der Waals surface area contributed by atoms with Crippen LogP contribution in [-0.4, -0.2) is 52.4 Å². The number of ether oxygens (including phenoxy) is 1. The van der Waals surface area contributed by atoms with Crippen molar-refractivity contribution in [2.75, 3.05) is 24.5 Å². The first kappa shape index (κ1) is 17.9. The minimum absolute atomic E-state index is 0.0168. The van der Waals surface area contributed by atoms with Crippen molar-refractivity contribution in [2.45, 2.75) is 44.6 Å². The Morgan fingerprint density at radius 2 is 2.04 bits per heavy atom. The Morgan fingerprint density at radius 3 is 2.79 bits per heavy atom. The third kappa shape index (κ3) is 3.26. The number of aromatic nitrogens is 2. The highest BCUT2D eigenvalue weighted by Crippen LogP contribution is 2.32. The number of morpholine rings is 1. The molecule has 5 rings (SSSR count). The van der Waals surface area contributed by atoms with Crippen LogP contribution in [0.3, 0.4) is 0 Å². The van der Waals surface area contributed by atoms with Crippen molar-refractivity contribution < 1.29 is 13.9 Å². The first-order chi connectivity index (χ1) is 13.6. The van der Waals surface area contributed by atoms with Gasteiger partial charge < -0.3 is 14.5 Å². The molecule has 2 fully saturated rings. The van der Waals surface area contributed by atoms with E-state index in [1.54, 1.807) is 6.07 Å². The number of nitrogens with zero attached hydrogens (tertiary/aromatic N) is 4. The summed E-state index contributed by atoms with van der Waals surface area (Å²) in [6.07, 6.45) is 4.99. The molecule has 1 aromatic heterocycles. The standard InChI is InChI=1S/C20H22ClFN4O2/c21-16-7-13(1-4-17(16)22)8-20(27)24-5-6-26-19(12-24)18(9-23-26)25-10-14-2-3-15(11-25)28-14/h1,4,7,9,14-15H,2-3,5-6,8,10-12H2. The fourth-order valence-corrected chi connectivity index (χ4v) is 4.66. The number of benzene rings is 1. The molecule has 0 spiro atoms. The fourth-order valence-electron chi connectivity index (χ4n) is 4.46. The first-order valence-corrected chi connectivity index (χ1v) is 10.1. The van der Waals surface area contributed by atoms with E-state index < -0.39 is 5.82 Å². The molecule has 0 radical (unpaired) electrons. The topological polar surface area (TPSA) is 50.6 Å². The molecule has 0 N–H and O–H groups in total. The Bertz CT molecular complexity index is 906. The predicted molar refractivity (Wildman–Crippen MR) is 103 cm³/mol. The highest BCUT2D eigenvalue weighted by molar-refractivity contribution is 6.30. The Morgan fingerprint density at radius 1 is 1.25 bits per heavy atom. The van der Waals surface area contributed by atoms with Crippen LogP contribution in [0.4, 0.5) is 10.1 Å². The third-order valence-electron chi connectivity index (χ3n) is 5.93. The van der Waals surface area contributed by atoms with Crippen LogP contribution in [0.5, 0.6) is 0 Å². The van der Waals surface area contributed by atoms with Gasteiger partial charge in [-0.05, 0) is 30.5 Å². The van der Waals surface area contributed by atoms with Crippen LogP contribution in [0.2, 0.25) is 5.02 Å². The maximum Gasteiger partial charge on any atom is 0.227 e. The molecule has 2 saturated heterocycles. The minimum atomic E-state index is -0.469. The summed E-state index contributed by atoms with van der Waals surface area (Å²) in [6.45, 7) is 3.61. The Balaban J connectivity index is 1.31. The summed E-state index contributed by atoms with van der Waals surface area (Å²) in [5.74, 6) is -0.452. The molecule has 1 amide bonds. The van der Waals surface area contributed by atoms with E-state index in [1.807, 2.05) is 15.8 Å². The number of carbonyl (C=O) groups excluding carboxylic acids is 1. The van der Waals surface area contributed by atoms with E-state index in [-0.39, 0.29) is 17.4 Å². The molecule has 2 atom stereocenters.